The molecule has 7 heteroatoms. The Kier molecular flexibility index (Phi) is 5.56. The van der Waals surface area contributed by atoms with Crippen molar-refractivity contribution in [3.05, 3.63) is 53.1 Å². The fraction of sp³-hybridized carbons (Fsp3) is 0.300. The first-order valence-corrected chi connectivity index (χ1v) is 8.91. The van der Waals surface area contributed by atoms with Gasteiger partial charge in [-0.15, -0.1) is 0 Å². The predicted molar refractivity (Wildman–Crippen MR) is 104 cm³/mol. The lowest BCUT2D eigenvalue weighted by molar-refractivity contribution is -0.136. The number of aryl methyl sites for hydroxylation is 1. The molecule has 2 aromatic rings. The fourth-order valence-corrected chi connectivity index (χ4v) is 2.93. The van der Waals surface area contributed by atoms with Crippen molar-refractivity contribution in [2.75, 3.05) is 32.1 Å². The summed E-state index contributed by atoms with van der Waals surface area (Å²) in [5, 5.41) is 0.640. The van der Waals surface area contributed by atoms with Crippen LogP contribution in [0.4, 0.5) is 5.69 Å². The summed E-state index contributed by atoms with van der Waals surface area (Å²) in [5.74, 6) is 0.610. The van der Waals surface area contributed by atoms with E-state index in [9.17, 15) is 9.59 Å². The maximum atomic E-state index is 12.8. The lowest BCUT2D eigenvalue weighted by Gasteiger charge is -2.35. The van der Waals surface area contributed by atoms with Gasteiger partial charge in [-0.1, -0.05) is 23.7 Å². The summed E-state index contributed by atoms with van der Waals surface area (Å²) in [5.41, 5.74) is 1.50. The number of para-hydroxylation sites is 2. The van der Waals surface area contributed by atoms with Crippen molar-refractivity contribution in [1.29, 1.82) is 0 Å². The highest BCUT2D eigenvalue weighted by Crippen LogP contribution is 2.33. The Morgan fingerprint density at radius 3 is 2.70 bits per heavy atom. The van der Waals surface area contributed by atoms with E-state index in [0.29, 0.717) is 22.2 Å². The molecule has 0 aliphatic carbocycles. The van der Waals surface area contributed by atoms with Gasteiger partial charge in [0.05, 0.1) is 12.2 Å². The number of amides is 2. The maximum absolute atomic E-state index is 12.8. The highest BCUT2D eigenvalue weighted by molar-refractivity contribution is 6.31. The second-order valence-corrected chi connectivity index (χ2v) is 6.92. The molecule has 1 aliphatic heterocycles. The maximum Gasteiger partial charge on any atom is 0.265 e. The number of anilines is 1. The van der Waals surface area contributed by atoms with Gasteiger partial charge >= 0.3 is 0 Å². The van der Waals surface area contributed by atoms with Crippen LogP contribution < -0.4 is 14.4 Å². The smallest absolute Gasteiger partial charge is 0.265 e. The summed E-state index contributed by atoms with van der Waals surface area (Å²) in [4.78, 5) is 28.2. The van der Waals surface area contributed by atoms with Crippen LogP contribution in [0.2, 0.25) is 5.02 Å². The summed E-state index contributed by atoms with van der Waals surface area (Å²) in [6, 6.07) is 12.4. The molecule has 0 saturated carbocycles. The predicted octanol–water partition coefficient (Wildman–Crippen LogP) is 2.91. The third kappa shape index (κ3) is 4.17. The van der Waals surface area contributed by atoms with Gasteiger partial charge in [0.25, 0.3) is 11.8 Å². The molecule has 1 atom stereocenters. The number of carbonyl (C=O) groups is 2. The number of ether oxygens (including phenoxy) is 2. The van der Waals surface area contributed by atoms with Gasteiger partial charge in [-0.2, -0.15) is 0 Å². The first-order chi connectivity index (χ1) is 12.9. The number of rotatable bonds is 4. The molecule has 2 aromatic carbocycles. The van der Waals surface area contributed by atoms with E-state index in [2.05, 4.69) is 0 Å². The molecule has 0 fully saturated rings. The Morgan fingerprint density at radius 1 is 1.26 bits per heavy atom. The topological polar surface area (TPSA) is 59.1 Å². The second kappa shape index (κ2) is 7.88. The molecule has 142 valence electrons. The van der Waals surface area contributed by atoms with Crippen LogP contribution in [0.15, 0.2) is 42.5 Å². The fourth-order valence-electron chi connectivity index (χ4n) is 2.82. The van der Waals surface area contributed by atoms with Crippen LogP contribution in [0.25, 0.3) is 0 Å². The molecular weight excluding hydrogens is 368 g/mol. The molecule has 0 N–H and O–H groups in total. The van der Waals surface area contributed by atoms with E-state index < -0.39 is 6.10 Å². The first-order valence-electron chi connectivity index (χ1n) is 8.53. The Bertz CT molecular complexity index is 869. The molecule has 0 spiro atoms. The number of nitrogens with zero attached hydrogens (tertiary/aromatic N) is 2. The molecule has 2 amide bonds. The Balaban J connectivity index is 1.77. The molecular formula is C20H21ClN2O4. The van der Waals surface area contributed by atoms with Crippen LogP contribution in [-0.2, 0) is 9.59 Å². The van der Waals surface area contributed by atoms with Gasteiger partial charge in [-0.05, 0) is 42.8 Å². The summed E-state index contributed by atoms with van der Waals surface area (Å²) in [6.07, 6.45) is -0.753. The average Bonchev–Trinajstić information content (AvgIpc) is 2.67. The summed E-state index contributed by atoms with van der Waals surface area (Å²) >= 11 is 6.01. The third-order valence-corrected chi connectivity index (χ3v) is 4.71. The highest BCUT2D eigenvalue weighted by Gasteiger charge is 2.34. The minimum Gasteiger partial charge on any atom is -0.484 e. The molecule has 0 radical (unpaired) electrons. The van der Waals surface area contributed by atoms with Crippen LogP contribution in [0, 0.1) is 6.92 Å². The van der Waals surface area contributed by atoms with E-state index in [1.807, 2.05) is 13.0 Å². The molecule has 0 aromatic heterocycles. The van der Waals surface area contributed by atoms with Crippen molar-refractivity contribution in [3.63, 3.8) is 0 Å². The van der Waals surface area contributed by atoms with Crippen LogP contribution in [0.5, 0.6) is 11.5 Å². The molecule has 0 bridgehead atoms. The number of fused-ring (bicyclic) bond motifs is 1. The van der Waals surface area contributed by atoms with Crippen molar-refractivity contribution < 1.29 is 19.1 Å². The van der Waals surface area contributed by atoms with Crippen molar-refractivity contribution in [3.8, 4) is 11.5 Å². The van der Waals surface area contributed by atoms with E-state index in [4.69, 9.17) is 21.1 Å². The molecule has 6 nitrogen and oxygen atoms in total. The van der Waals surface area contributed by atoms with E-state index >= 15 is 0 Å². The minimum atomic E-state index is -0.753. The van der Waals surface area contributed by atoms with Gasteiger partial charge in [0, 0.05) is 19.1 Å². The van der Waals surface area contributed by atoms with E-state index in [-0.39, 0.29) is 25.0 Å². The lowest BCUT2D eigenvalue weighted by Crippen LogP contribution is -2.51. The molecule has 3 rings (SSSR count). The van der Waals surface area contributed by atoms with Gasteiger partial charge in [-0.25, -0.2) is 0 Å². The summed E-state index contributed by atoms with van der Waals surface area (Å²) < 4.78 is 11.4. The van der Waals surface area contributed by atoms with Gasteiger partial charge in [0.1, 0.15) is 11.5 Å². The normalized spacial score (nSPS) is 15.6. The number of hydrogen-bond donors (Lipinski definition) is 0. The first kappa shape index (κ1) is 19.0. The quantitative estimate of drug-likeness (QED) is 0.808. The molecule has 1 heterocycles. The molecule has 0 saturated heterocycles. The SMILES string of the molecule is Cc1cc(OCC(=O)N2C[C@@H](C(=O)N(C)C)Oc3ccccc32)ccc1Cl. The van der Waals surface area contributed by atoms with Crippen molar-refractivity contribution in [1.82, 2.24) is 4.90 Å². The van der Waals surface area contributed by atoms with Crippen LogP contribution in [0.1, 0.15) is 5.56 Å². The van der Waals surface area contributed by atoms with Crippen LogP contribution in [0.3, 0.4) is 0 Å². The number of halogens is 1. The Morgan fingerprint density at radius 2 is 2.00 bits per heavy atom. The van der Waals surface area contributed by atoms with E-state index in [1.165, 1.54) is 9.80 Å². The van der Waals surface area contributed by atoms with Crippen molar-refractivity contribution >= 4 is 29.1 Å². The zero-order valence-electron chi connectivity index (χ0n) is 15.4. The summed E-state index contributed by atoms with van der Waals surface area (Å²) in [6.45, 7) is 1.85. The zero-order chi connectivity index (χ0) is 19.6. The van der Waals surface area contributed by atoms with E-state index in [0.717, 1.165) is 5.56 Å². The molecule has 0 unspecified atom stereocenters. The van der Waals surface area contributed by atoms with Gasteiger partial charge in [-0.3, -0.25) is 9.59 Å². The average molecular weight is 389 g/mol. The van der Waals surface area contributed by atoms with E-state index in [1.54, 1.807) is 50.5 Å². The Labute approximate surface area is 163 Å². The Hall–Kier alpha value is -2.73. The lowest BCUT2D eigenvalue weighted by atomic mass is 10.1. The summed E-state index contributed by atoms with van der Waals surface area (Å²) in [7, 11) is 3.31. The number of benzene rings is 2. The monoisotopic (exact) mass is 388 g/mol. The van der Waals surface area contributed by atoms with Crippen molar-refractivity contribution in [2.24, 2.45) is 0 Å². The minimum absolute atomic E-state index is 0.135. The second-order valence-electron chi connectivity index (χ2n) is 6.51. The zero-order valence-corrected chi connectivity index (χ0v) is 16.2. The van der Waals surface area contributed by atoms with Gasteiger partial charge in [0.15, 0.2) is 12.7 Å². The van der Waals surface area contributed by atoms with Gasteiger partial charge < -0.3 is 19.3 Å². The number of hydrogen-bond acceptors (Lipinski definition) is 4. The van der Waals surface area contributed by atoms with Crippen molar-refractivity contribution in [2.45, 2.75) is 13.0 Å². The number of carbonyl (C=O) groups excluding carboxylic acids is 2. The third-order valence-electron chi connectivity index (χ3n) is 4.28. The standard InChI is InChI=1S/C20H21ClN2O4/c1-13-10-14(8-9-15(13)21)26-12-19(24)23-11-18(20(25)22(2)3)27-17-7-5-4-6-16(17)23/h4-10,18H,11-12H2,1-3H3/t18-/m0/s1. The molecule has 27 heavy (non-hydrogen) atoms. The van der Waals surface area contributed by atoms with Gasteiger partial charge in [0.2, 0.25) is 0 Å². The number of likely N-dealkylation sites (N-methyl/N-ethyl adjacent to an activating group) is 1. The highest BCUT2D eigenvalue weighted by atomic mass is 35.5. The molecule has 1 aliphatic rings. The van der Waals surface area contributed by atoms with Crippen LogP contribution in [-0.4, -0.2) is 50.1 Å². The van der Waals surface area contributed by atoms with Crippen LogP contribution >= 0.6 is 11.6 Å². The largest absolute Gasteiger partial charge is 0.484 e.